The normalized spacial score (nSPS) is 17.1. The third-order valence-electron chi connectivity index (χ3n) is 3.56. The van der Waals surface area contributed by atoms with Gasteiger partial charge in [0.15, 0.2) is 0 Å². The highest BCUT2D eigenvalue weighted by atomic mass is 35.5. The smallest absolute Gasteiger partial charge is 0.411 e. The number of ether oxygens (including phenoxy) is 1. The number of para-hydroxylation sites is 1. The van der Waals surface area contributed by atoms with Gasteiger partial charge >= 0.3 is 6.09 Å². The zero-order chi connectivity index (χ0) is 16.2. The summed E-state index contributed by atoms with van der Waals surface area (Å²) in [6.07, 6.45) is 1.38. The van der Waals surface area contributed by atoms with Crippen LogP contribution in [0.2, 0.25) is 5.02 Å². The minimum absolute atomic E-state index is 0.0920. The van der Waals surface area contributed by atoms with Crippen LogP contribution in [-0.4, -0.2) is 35.5 Å². The van der Waals surface area contributed by atoms with E-state index in [-0.39, 0.29) is 11.1 Å². The number of anilines is 2. The van der Waals surface area contributed by atoms with Crippen molar-refractivity contribution in [2.45, 2.75) is 12.5 Å². The highest BCUT2D eigenvalue weighted by Gasteiger charge is 2.27. The van der Waals surface area contributed by atoms with Gasteiger partial charge in [-0.2, -0.15) is 5.10 Å². The van der Waals surface area contributed by atoms with Gasteiger partial charge in [0.25, 0.3) is 5.56 Å². The Morgan fingerprint density at radius 3 is 2.96 bits per heavy atom. The zero-order valence-electron chi connectivity index (χ0n) is 12.2. The van der Waals surface area contributed by atoms with Gasteiger partial charge in [0, 0.05) is 18.7 Å². The first-order chi connectivity index (χ1) is 11.1. The third kappa shape index (κ3) is 3.62. The largest absolute Gasteiger partial charge is 0.444 e. The maximum atomic E-state index is 11.9. The van der Waals surface area contributed by atoms with Gasteiger partial charge in [0.05, 0.1) is 18.4 Å². The Labute approximate surface area is 137 Å². The Morgan fingerprint density at radius 2 is 2.17 bits per heavy atom. The van der Waals surface area contributed by atoms with Crippen LogP contribution >= 0.6 is 11.6 Å². The molecule has 2 heterocycles. The van der Waals surface area contributed by atoms with E-state index in [4.69, 9.17) is 16.3 Å². The fourth-order valence-corrected chi connectivity index (χ4v) is 2.67. The lowest BCUT2D eigenvalue weighted by Crippen LogP contribution is -2.28. The molecule has 1 amide bonds. The fraction of sp³-hybridized carbons (Fsp3) is 0.267. The van der Waals surface area contributed by atoms with Crippen LogP contribution in [0.3, 0.4) is 0 Å². The number of aromatic amines is 1. The molecule has 0 bridgehead atoms. The molecule has 0 radical (unpaired) electrons. The van der Waals surface area contributed by atoms with Crippen molar-refractivity contribution in [3.63, 3.8) is 0 Å². The molecule has 0 saturated carbocycles. The van der Waals surface area contributed by atoms with Gasteiger partial charge in [-0.15, -0.1) is 0 Å². The molecule has 1 aliphatic heterocycles. The minimum atomic E-state index is -0.502. The highest BCUT2D eigenvalue weighted by Crippen LogP contribution is 2.25. The number of carbonyl (C=O) groups is 1. The van der Waals surface area contributed by atoms with Gasteiger partial charge in [0.1, 0.15) is 11.1 Å². The molecule has 7 nitrogen and oxygen atoms in total. The van der Waals surface area contributed by atoms with Gasteiger partial charge in [-0.05, 0) is 12.1 Å². The minimum Gasteiger partial charge on any atom is -0.444 e. The topological polar surface area (TPSA) is 87.3 Å². The van der Waals surface area contributed by atoms with Gasteiger partial charge in [-0.25, -0.2) is 9.89 Å². The number of benzene rings is 1. The molecule has 1 aliphatic rings. The zero-order valence-corrected chi connectivity index (χ0v) is 12.9. The SMILES string of the molecule is O=C(Nc1ccccc1)OC1CCN(c2cn[nH]c(=O)c2Cl)C1. The van der Waals surface area contributed by atoms with Crippen LogP contribution in [0.25, 0.3) is 0 Å². The second kappa shape index (κ2) is 6.70. The lowest BCUT2D eigenvalue weighted by atomic mass is 10.3. The lowest BCUT2D eigenvalue weighted by Gasteiger charge is -2.18. The van der Waals surface area contributed by atoms with Crippen molar-refractivity contribution in [2.24, 2.45) is 0 Å². The number of nitrogens with zero attached hydrogens (tertiary/aromatic N) is 2. The number of hydrogen-bond donors (Lipinski definition) is 2. The maximum absolute atomic E-state index is 11.9. The van der Waals surface area contributed by atoms with Crippen molar-refractivity contribution in [3.05, 3.63) is 51.9 Å². The van der Waals surface area contributed by atoms with E-state index in [1.165, 1.54) is 6.20 Å². The summed E-state index contributed by atoms with van der Waals surface area (Å²) < 4.78 is 5.40. The van der Waals surface area contributed by atoms with Crippen LogP contribution in [0.4, 0.5) is 16.2 Å². The van der Waals surface area contributed by atoms with E-state index < -0.39 is 11.7 Å². The molecule has 2 N–H and O–H groups in total. The van der Waals surface area contributed by atoms with Crippen molar-refractivity contribution >= 4 is 29.1 Å². The summed E-state index contributed by atoms with van der Waals surface area (Å²) in [6.45, 7) is 1.10. The quantitative estimate of drug-likeness (QED) is 0.899. The molecule has 1 aromatic heterocycles. The van der Waals surface area contributed by atoms with Crippen molar-refractivity contribution in [1.82, 2.24) is 10.2 Å². The van der Waals surface area contributed by atoms with Crippen molar-refractivity contribution in [3.8, 4) is 0 Å². The predicted octanol–water partition coefficient (Wildman–Crippen LogP) is 2.25. The molecule has 120 valence electrons. The first-order valence-electron chi connectivity index (χ1n) is 7.14. The van der Waals surface area contributed by atoms with E-state index in [1.54, 1.807) is 12.1 Å². The Bertz CT molecular complexity index is 750. The second-order valence-electron chi connectivity index (χ2n) is 5.15. The average molecular weight is 335 g/mol. The Kier molecular flexibility index (Phi) is 4.47. The number of rotatable bonds is 3. The van der Waals surface area contributed by atoms with Gasteiger partial charge < -0.3 is 9.64 Å². The molecule has 0 spiro atoms. The number of carbonyl (C=O) groups excluding carboxylic acids is 1. The standard InChI is InChI=1S/C15H15ClN4O3/c16-13-12(8-17-19-14(13)21)20-7-6-11(9-20)23-15(22)18-10-4-2-1-3-5-10/h1-5,8,11H,6-7,9H2,(H,18,22)(H,19,21). The molecule has 1 fully saturated rings. The summed E-state index contributed by atoms with van der Waals surface area (Å²) >= 11 is 5.99. The van der Waals surface area contributed by atoms with E-state index in [2.05, 4.69) is 15.5 Å². The lowest BCUT2D eigenvalue weighted by molar-refractivity contribution is 0.122. The van der Waals surface area contributed by atoms with Crippen LogP contribution in [-0.2, 0) is 4.74 Å². The van der Waals surface area contributed by atoms with Gasteiger partial charge in [-0.1, -0.05) is 29.8 Å². The maximum Gasteiger partial charge on any atom is 0.411 e. The highest BCUT2D eigenvalue weighted by molar-refractivity contribution is 6.33. The second-order valence-corrected chi connectivity index (χ2v) is 5.53. The third-order valence-corrected chi connectivity index (χ3v) is 3.92. The van der Waals surface area contributed by atoms with E-state index in [0.29, 0.717) is 30.9 Å². The first-order valence-corrected chi connectivity index (χ1v) is 7.52. The molecule has 23 heavy (non-hydrogen) atoms. The monoisotopic (exact) mass is 334 g/mol. The number of nitrogens with one attached hydrogen (secondary N) is 2. The summed E-state index contributed by atoms with van der Waals surface area (Å²) in [5.41, 5.74) is 0.787. The van der Waals surface area contributed by atoms with Crippen molar-refractivity contribution in [1.29, 1.82) is 0 Å². The molecule has 1 saturated heterocycles. The summed E-state index contributed by atoms with van der Waals surface area (Å²) in [5, 5.41) is 8.79. The van der Waals surface area contributed by atoms with E-state index >= 15 is 0 Å². The van der Waals surface area contributed by atoms with E-state index in [0.717, 1.165) is 0 Å². The predicted molar refractivity (Wildman–Crippen MR) is 87.0 cm³/mol. The summed E-state index contributed by atoms with van der Waals surface area (Å²) in [6, 6.07) is 9.09. The first kappa shape index (κ1) is 15.4. The van der Waals surface area contributed by atoms with E-state index in [1.807, 2.05) is 23.1 Å². The molecule has 3 rings (SSSR count). The summed E-state index contributed by atoms with van der Waals surface area (Å²) in [4.78, 5) is 25.3. The van der Waals surface area contributed by atoms with Crippen molar-refractivity contribution in [2.75, 3.05) is 23.3 Å². The molecular formula is C15H15ClN4O3. The summed E-state index contributed by atoms with van der Waals surface area (Å²) in [7, 11) is 0. The number of amides is 1. The molecule has 1 atom stereocenters. The molecule has 1 unspecified atom stereocenters. The molecule has 2 aromatic rings. The van der Waals surface area contributed by atoms with E-state index in [9.17, 15) is 9.59 Å². The molecule has 0 aliphatic carbocycles. The van der Waals surface area contributed by atoms with Crippen molar-refractivity contribution < 1.29 is 9.53 Å². The Balaban J connectivity index is 1.59. The molecule has 8 heteroatoms. The van der Waals surface area contributed by atoms with Crippen LogP contribution in [0.15, 0.2) is 41.3 Å². The number of hydrogen-bond acceptors (Lipinski definition) is 5. The molecular weight excluding hydrogens is 320 g/mol. The van der Waals surface area contributed by atoms with Crippen LogP contribution in [0, 0.1) is 0 Å². The Morgan fingerprint density at radius 1 is 1.39 bits per heavy atom. The van der Waals surface area contributed by atoms with Crippen LogP contribution < -0.4 is 15.8 Å². The summed E-state index contributed by atoms with van der Waals surface area (Å²) in [5.74, 6) is 0. The fourth-order valence-electron chi connectivity index (χ4n) is 2.46. The average Bonchev–Trinajstić information content (AvgIpc) is 2.99. The van der Waals surface area contributed by atoms with Crippen LogP contribution in [0.1, 0.15) is 6.42 Å². The number of halogens is 1. The van der Waals surface area contributed by atoms with Gasteiger partial charge in [0.2, 0.25) is 0 Å². The molecule has 1 aromatic carbocycles. The van der Waals surface area contributed by atoms with Gasteiger partial charge in [-0.3, -0.25) is 10.1 Å². The Hall–Kier alpha value is -2.54. The number of aromatic nitrogens is 2. The van der Waals surface area contributed by atoms with Crippen LogP contribution in [0.5, 0.6) is 0 Å². The number of H-pyrrole nitrogens is 1.